The molecule has 1 amide bonds. The van der Waals surface area contributed by atoms with E-state index in [4.69, 9.17) is 0 Å². The van der Waals surface area contributed by atoms with Crippen molar-refractivity contribution < 1.29 is 4.79 Å². The molecule has 70 valence electrons. The van der Waals surface area contributed by atoms with Gasteiger partial charge in [0.2, 0.25) is 5.91 Å². The van der Waals surface area contributed by atoms with Crippen molar-refractivity contribution in [3.8, 4) is 0 Å². The SMILES string of the molecule is C=C(C)C(=O)NCCn1ccnc1. The lowest BCUT2D eigenvalue weighted by Crippen LogP contribution is -2.27. The molecule has 0 saturated carbocycles. The van der Waals surface area contributed by atoms with Crippen LogP contribution in [-0.2, 0) is 11.3 Å². The van der Waals surface area contributed by atoms with Gasteiger partial charge in [0.25, 0.3) is 0 Å². The van der Waals surface area contributed by atoms with Gasteiger partial charge in [-0.05, 0) is 6.92 Å². The van der Waals surface area contributed by atoms with Gasteiger partial charge in [0.05, 0.1) is 6.33 Å². The second kappa shape index (κ2) is 4.45. The zero-order valence-electron chi connectivity index (χ0n) is 7.66. The van der Waals surface area contributed by atoms with Crippen LogP contribution in [0.1, 0.15) is 6.92 Å². The molecule has 0 radical (unpaired) electrons. The van der Waals surface area contributed by atoms with Crippen LogP contribution < -0.4 is 5.32 Å². The minimum atomic E-state index is -0.0971. The first-order chi connectivity index (χ1) is 6.20. The number of carbonyl (C=O) groups is 1. The van der Waals surface area contributed by atoms with Gasteiger partial charge >= 0.3 is 0 Å². The maximum Gasteiger partial charge on any atom is 0.246 e. The molecule has 0 saturated heterocycles. The molecule has 0 fully saturated rings. The van der Waals surface area contributed by atoms with Crippen LogP contribution in [0.2, 0.25) is 0 Å². The third-order valence-corrected chi connectivity index (χ3v) is 1.60. The molecule has 4 nitrogen and oxygen atoms in total. The fraction of sp³-hybridized carbons (Fsp3) is 0.333. The fourth-order valence-electron chi connectivity index (χ4n) is 0.868. The Hall–Kier alpha value is -1.58. The summed E-state index contributed by atoms with van der Waals surface area (Å²) in [6.07, 6.45) is 5.28. The van der Waals surface area contributed by atoms with Gasteiger partial charge in [0.15, 0.2) is 0 Å². The molecular weight excluding hydrogens is 166 g/mol. The van der Waals surface area contributed by atoms with E-state index in [0.29, 0.717) is 12.1 Å². The number of carbonyl (C=O) groups excluding carboxylic acids is 1. The van der Waals surface area contributed by atoms with Crippen molar-refractivity contribution in [2.45, 2.75) is 13.5 Å². The van der Waals surface area contributed by atoms with Crippen LogP contribution in [0.25, 0.3) is 0 Å². The van der Waals surface area contributed by atoms with Crippen LogP contribution in [0.4, 0.5) is 0 Å². The third kappa shape index (κ3) is 3.11. The fourth-order valence-corrected chi connectivity index (χ4v) is 0.868. The molecule has 1 rings (SSSR count). The largest absolute Gasteiger partial charge is 0.351 e. The van der Waals surface area contributed by atoms with Gasteiger partial charge in [-0.1, -0.05) is 6.58 Å². The number of nitrogens with zero attached hydrogens (tertiary/aromatic N) is 2. The van der Waals surface area contributed by atoms with Gasteiger partial charge in [-0.25, -0.2) is 4.98 Å². The first kappa shape index (κ1) is 9.51. The molecule has 0 aliphatic heterocycles. The van der Waals surface area contributed by atoms with Crippen molar-refractivity contribution in [1.29, 1.82) is 0 Å². The van der Waals surface area contributed by atoms with Crippen molar-refractivity contribution in [3.63, 3.8) is 0 Å². The third-order valence-electron chi connectivity index (χ3n) is 1.60. The van der Waals surface area contributed by atoms with Gasteiger partial charge in [0.1, 0.15) is 0 Å². The molecule has 0 bridgehead atoms. The lowest BCUT2D eigenvalue weighted by molar-refractivity contribution is -0.117. The number of amides is 1. The summed E-state index contributed by atoms with van der Waals surface area (Å²) in [7, 11) is 0. The number of aromatic nitrogens is 2. The molecule has 0 atom stereocenters. The standard InChI is InChI=1S/C9H13N3O/c1-8(2)9(13)11-4-6-12-5-3-10-7-12/h3,5,7H,1,4,6H2,2H3,(H,11,13). The second-order valence-corrected chi connectivity index (χ2v) is 2.84. The Kier molecular flexibility index (Phi) is 3.25. The normalized spacial score (nSPS) is 9.62. The molecule has 0 unspecified atom stereocenters. The highest BCUT2D eigenvalue weighted by Gasteiger charge is 1.99. The van der Waals surface area contributed by atoms with E-state index in [0.717, 1.165) is 6.54 Å². The van der Waals surface area contributed by atoms with Crippen molar-refractivity contribution in [1.82, 2.24) is 14.9 Å². The topological polar surface area (TPSA) is 46.9 Å². The van der Waals surface area contributed by atoms with Gasteiger partial charge < -0.3 is 9.88 Å². The van der Waals surface area contributed by atoms with Crippen LogP contribution in [0.5, 0.6) is 0 Å². The molecule has 1 heterocycles. The van der Waals surface area contributed by atoms with Crippen LogP contribution >= 0.6 is 0 Å². The van der Waals surface area contributed by atoms with Gasteiger partial charge in [-0.3, -0.25) is 4.79 Å². The first-order valence-corrected chi connectivity index (χ1v) is 4.09. The van der Waals surface area contributed by atoms with Gasteiger partial charge in [0, 0.05) is 31.1 Å². The van der Waals surface area contributed by atoms with Crippen LogP contribution in [0, 0.1) is 0 Å². The van der Waals surface area contributed by atoms with Crippen molar-refractivity contribution >= 4 is 5.91 Å². The Balaban J connectivity index is 2.22. The summed E-state index contributed by atoms with van der Waals surface area (Å²) >= 11 is 0. The van der Waals surface area contributed by atoms with Crippen molar-refractivity contribution in [2.24, 2.45) is 0 Å². The summed E-state index contributed by atoms with van der Waals surface area (Å²) in [5.41, 5.74) is 0.533. The number of hydrogen-bond acceptors (Lipinski definition) is 2. The maximum absolute atomic E-state index is 11.0. The van der Waals surface area contributed by atoms with Gasteiger partial charge in [-0.2, -0.15) is 0 Å². The van der Waals surface area contributed by atoms with Crippen LogP contribution in [-0.4, -0.2) is 22.0 Å². The average Bonchev–Trinajstić information content (AvgIpc) is 2.56. The molecular formula is C9H13N3O. The van der Waals surface area contributed by atoms with E-state index in [1.165, 1.54) is 0 Å². The first-order valence-electron chi connectivity index (χ1n) is 4.09. The molecule has 0 aliphatic carbocycles. The number of imidazole rings is 1. The molecule has 1 aromatic rings. The zero-order chi connectivity index (χ0) is 9.68. The molecule has 1 aromatic heterocycles. The molecule has 0 spiro atoms. The highest BCUT2D eigenvalue weighted by atomic mass is 16.1. The molecule has 13 heavy (non-hydrogen) atoms. The lowest BCUT2D eigenvalue weighted by Gasteiger charge is -2.04. The van der Waals surface area contributed by atoms with E-state index in [9.17, 15) is 4.79 Å². The van der Waals surface area contributed by atoms with E-state index in [1.807, 2.05) is 10.8 Å². The Morgan fingerprint density at radius 3 is 3.00 bits per heavy atom. The highest BCUT2D eigenvalue weighted by molar-refractivity contribution is 5.91. The Morgan fingerprint density at radius 1 is 1.69 bits per heavy atom. The zero-order valence-corrected chi connectivity index (χ0v) is 7.66. The minimum Gasteiger partial charge on any atom is -0.351 e. The smallest absolute Gasteiger partial charge is 0.246 e. The lowest BCUT2D eigenvalue weighted by atomic mass is 10.3. The molecule has 0 aliphatic rings. The Morgan fingerprint density at radius 2 is 2.46 bits per heavy atom. The Labute approximate surface area is 77.3 Å². The highest BCUT2D eigenvalue weighted by Crippen LogP contribution is 1.87. The van der Waals surface area contributed by atoms with E-state index >= 15 is 0 Å². The van der Waals surface area contributed by atoms with E-state index in [1.54, 1.807) is 19.4 Å². The molecule has 1 N–H and O–H groups in total. The summed E-state index contributed by atoms with van der Waals surface area (Å²) in [5.74, 6) is -0.0971. The average molecular weight is 179 g/mol. The summed E-state index contributed by atoms with van der Waals surface area (Å²) in [5, 5.41) is 2.73. The van der Waals surface area contributed by atoms with Gasteiger partial charge in [-0.15, -0.1) is 0 Å². The predicted octanol–water partition coefficient (Wildman–Crippen LogP) is 0.575. The van der Waals surface area contributed by atoms with Crippen LogP contribution in [0.3, 0.4) is 0 Å². The number of nitrogens with one attached hydrogen (secondary N) is 1. The monoisotopic (exact) mass is 179 g/mol. The summed E-state index contributed by atoms with van der Waals surface area (Å²) in [6.45, 7) is 6.56. The maximum atomic E-state index is 11.0. The summed E-state index contributed by atoms with van der Waals surface area (Å²) in [4.78, 5) is 14.9. The molecule has 4 heteroatoms. The van der Waals surface area contributed by atoms with E-state index in [-0.39, 0.29) is 5.91 Å². The minimum absolute atomic E-state index is 0.0971. The predicted molar refractivity (Wildman–Crippen MR) is 50.1 cm³/mol. The summed E-state index contributed by atoms with van der Waals surface area (Å²) in [6, 6.07) is 0. The van der Waals surface area contributed by atoms with E-state index in [2.05, 4.69) is 16.9 Å². The second-order valence-electron chi connectivity index (χ2n) is 2.84. The summed E-state index contributed by atoms with van der Waals surface area (Å²) < 4.78 is 1.90. The number of hydrogen-bond donors (Lipinski definition) is 1. The molecule has 0 aromatic carbocycles. The quantitative estimate of drug-likeness (QED) is 0.687. The van der Waals surface area contributed by atoms with Crippen molar-refractivity contribution in [3.05, 3.63) is 30.9 Å². The Bertz CT molecular complexity index is 290. The van der Waals surface area contributed by atoms with E-state index < -0.39 is 0 Å². The number of rotatable bonds is 4. The van der Waals surface area contributed by atoms with Crippen LogP contribution in [0.15, 0.2) is 30.9 Å². The van der Waals surface area contributed by atoms with Crippen molar-refractivity contribution in [2.75, 3.05) is 6.54 Å².